The maximum Gasteiger partial charge on any atom is 0.190 e. The van der Waals surface area contributed by atoms with Crippen molar-refractivity contribution in [1.82, 2.24) is 4.98 Å². The Morgan fingerprint density at radius 2 is 2.24 bits per heavy atom. The lowest BCUT2D eigenvalue weighted by Crippen LogP contribution is -2.04. The molecular weight excluding hydrogens is 232 g/mol. The molecule has 0 atom stereocenters. The SMILES string of the molecule is C=N/C(=C\SC)c1cc(=O)c2ccccc2[nH]1. The Labute approximate surface area is 103 Å². The lowest BCUT2D eigenvalue weighted by Gasteiger charge is -2.04. The Bertz CT molecular complexity index is 643. The van der Waals surface area contributed by atoms with Crippen molar-refractivity contribution in [2.24, 2.45) is 4.99 Å². The Balaban J connectivity index is 2.69. The average Bonchev–Trinajstić information content (AvgIpc) is 2.36. The lowest BCUT2D eigenvalue weighted by molar-refractivity contribution is 1.31. The minimum Gasteiger partial charge on any atom is -0.353 e. The van der Waals surface area contributed by atoms with Crippen molar-refractivity contribution >= 4 is 35.1 Å². The maximum atomic E-state index is 11.9. The van der Waals surface area contributed by atoms with Crippen LogP contribution in [0.25, 0.3) is 16.6 Å². The van der Waals surface area contributed by atoms with Crippen LogP contribution in [0.3, 0.4) is 0 Å². The number of thioether (sulfide) groups is 1. The van der Waals surface area contributed by atoms with Gasteiger partial charge in [0.15, 0.2) is 5.43 Å². The van der Waals surface area contributed by atoms with E-state index in [-0.39, 0.29) is 5.43 Å². The van der Waals surface area contributed by atoms with Gasteiger partial charge in [-0.05, 0) is 30.5 Å². The molecule has 0 aliphatic carbocycles. The van der Waals surface area contributed by atoms with Gasteiger partial charge in [-0.3, -0.25) is 9.79 Å². The normalized spacial score (nSPS) is 11.7. The van der Waals surface area contributed by atoms with E-state index >= 15 is 0 Å². The summed E-state index contributed by atoms with van der Waals surface area (Å²) < 4.78 is 0. The van der Waals surface area contributed by atoms with Crippen LogP contribution in [0, 0.1) is 0 Å². The molecule has 0 radical (unpaired) electrons. The number of hydrogen-bond acceptors (Lipinski definition) is 3. The first kappa shape index (κ1) is 11.7. The van der Waals surface area contributed by atoms with Gasteiger partial charge in [-0.15, -0.1) is 11.8 Å². The maximum absolute atomic E-state index is 11.9. The number of aromatic nitrogens is 1. The first-order valence-corrected chi connectivity index (χ1v) is 6.37. The fraction of sp³-hybridized carbons (Fsp3) is 0.0769. The molecule has 1 aromatic heterocycles. The number of pyridine rings is 1. The third kappa shape index (κ3) is 2.31. The van der Waals surface area contributed by atoms with Crippen molar-refractivity contribution in [3.8, 4) is 0 Å². The highest BCUT2D eigenvalue weighted by atomic mass is 32.2. The van der Waals surface area contributed by atoms with Crippen LogP contribution in [0.4, 0.5) is 0 Å². The summed E-state index contributed by atoms with van der Waals surface area (Å²) in [5.41, 5.74) is 2.18. The summed E-state index contributed by atoms with van der Waals surface area (Å²) in [6.07, 6.45) is 1.93. The molecule has 0 fully saturated rings. The Morgan fingerprint density at radius 3 is 2.94 bits per heavy atom. The van der Waals surface area contributed by atoms with Crippen LogP contribution in [0.5, 0.6) is 0 Å². The van der Waals surface area contributed by atoms with Crippen LogP contribution < -0.4 is 5.43 Å². The topological polar surface area (TPSA) is 45.2 Å². The van der Waals surface area contributed by atoms with Crippen molar-refractivity contribution in [3.63, 3.8) is 0 Å². The highest BCUT2D eigenvalue weighted by Crippen LogP contribution is 2.17. The molecule has 17 heavy (non-hydrogen) atoms. The molecule has 1 heterocycles. The van der Waals surface area contributed by atoms with E-state index in [1.165, 1.54) is 11.8 Å². The van der Waals surface area contributed by atoms with Gasteiger partial charge in [0.25, 0.3) is 0 Å². The Kier molecular flexibility index (Phi) is 3.44. The van der Waals surface area contributed by atoms with Crippen LogP contribution in [-0.2, 0) is 0 Å². The van der Waals surface area contributed by atoms with Gasteiger partial charge in [0.2, 0.25) is 0 Å². The van der Waals surface area contributed by atoms with Crippen LogP contribution in [-0.4, -0.2) is 18.0 Å². The summed E-state index contributed by atoms with van der Waals surface area (Å²) in [5, 5.41) is 2.54. The number of nitrogens with one attached hydrogen (secondary N) is 1. The highest BCUT2D eigenvalue weighted by molar-refractivity contribution is 8.01. The fourth-order valence-electron chi connectivity index (χ4n) is 1.63. The molecule has 2 aromatic rings. The van der Waals surface area contributed by atoms with Gasteiger partial charge in [-0.25, -0.2) is 0 Å². The molecule has 0 aliphatic rings. The predicted molar refractivity (Wildman–Crippen MR) is 75.6 cm³/mol. The molecule has 86 valence electrons. The summed E-state index contributed by atoms with van der Waals surface area (Å²) in [5.74, 6) is 0. The minimum absolute atomic E-state index is 0.00926. The molecule has 0 amide bonds. The van der Waals surface area contributed by atoms with E-state index in [2.05, 4.69) is 16.7 Å². The third-order valence-corrected chi connectivity index (χ3v) is 2.87. The van der Waals surface area contributed by atoms with Gasteiger partial charge >= 0.3 is 0 Å². The van der Waals surface area contributed by atoms with Crippen molar-refractivity contribution in [3.05, 3.63) is 51.7 Å². The van der Waals surface area contributed by atoms with Gasteiger partial charge in [-0.1, -0.05) is 12.1 Å². The lowest BCUT2D eigenvalue weighted by atomic mass is 10.2. The smallest absolute Gasteiger partial charge is 0.190 e. The van der Waals surface area contributed by atoms with Crippen molar-refractivity contribution in [2.75, 3.05) is 6.26 Å². The second-order valence-electron chi connectivity index (χ2n) is 3.49. The molecule has 0 bridgehead atoms. The monoisotopic (exact) mass is 244 g/mol. The number of para-hydroxylation sites is 1. The van der Waals surface area contributed by atoms with Gasteiger partial charge in [0, 0.05) is 17.0 Å². The molecule has 3 nitrogen and oxygen atoms in total. The van der Waals surface area contributed by atoms with Crippen molar-refractivity contribution in [1.29, 1.82) is 0 Å². The summed E-state index contributed by atoms with van der Waals surface area (Å²) in [6, 6.07) is 8.97. The zero-order chi connectivity index (χ0) is 12.3. The quantitative estimate of drug-likeness (QED) is 0.844. The number of nitrogens with zero attached hydrogens (tertiary/aromatic N) is 1. The minimum atomic E-state index is -0.00926. The van der Waals surface area contributed by atoms with E-state index < -0.39 is 0 Å². The number of aliphatic imine (C=N–C) groups is 1. The first-order valence-electron chi connectivity index (χ1n) is 5.08. The average molecular weight is 244 g/mol. The molecule has 1 N–H and O–H groups in total. The van der Waals surface area contributed by atoms with Crippen LogP contribution in [0.1, 0.15) is 5.69 Å². The Hall–Kier alpha value is -1.81. The standard InChI is InChI=1S/C13H12N2OS/c1-14-12(8-17-2)11-7-13(16)9-5-3-4-6-10(9)15-11/h3-8H,1H2,2H3,(H,15,16)/b12-8-. The second-order valence-corrected chi connectivity index (χ2v) is 4.20. The Morgan fingerprint density at radius 1 is 1.47 bits per heavy atom. The predicted octanol–water partition coefficient (Wildman–Crippen LogP) is 2.89. The van der Waals surface area contributed by atoms with E-state index in [1.54, 1.807) is 12.1 Å². The van der Waals surface area contributed by atoms with Crippen molar-refractivity contribution in [2.45, 2.75) is 0 Å². The van der Waals surface area contributed by atoms with E-state index in [0.717, 1.165) is 5.52 Å². The summed E-state index contributed by atoms with van der Waals surface area (Å²) >= 11 is 1.52. The number of rotatable bonds is 3. The molecule has 0 aliphatic heterocycles. The molecular formula is C13H12N2OS. The molecule has 0 saturated heterocycles. The zero-order valence-electron chi connectivity index (χ0n) is 9.43. The summed E-state index contributed by atoms with van der Waals surface area (Å²) in [7, 11) is 0. The molecule has 2 rings (SSSR count). The number of H-pyrrole nitrogens is 1. The van der Waals surface area contributed by atoms with Gasteiger partial charge < -0.3 is 4.98 Å². The number of benzene rings is 1. The highest BCUT2D eigenvalue weighted by Gasteiger charge is 2.04. The molecule has 0 spiro atoms. The van der Waals surface area contributed by atoms with Crippen LogP contribution in [0.2, 0.25) is 0 Å². The van der Waals surface area contributed by atoms with Gasteiger partial charge in [-0.2, -0.15) is 0 Å². The van der Waals surface area contributed by atoms with E-state index in [4.69, 9.17) is 0 Å². The molecule has 0 saturated carbocycles. The first-order chi connectivity index (χ1) is 8.26. The fourth-order valence-corrected chi connectivity index (χ4v) is 2.06. The number of aromatic amines is 1. The zero-order valence-corrected chi connectivity index (χ0v) is 10.3. The van der Waals surface area contributed by atoms with Gasteiger partial charge in [0.05, 0.1) is 11.4 Å². The molecule has 1 aromatic carbocycles. The number of hydrogen-bond donors (Lipinski definition) is 1. The molecule has 0 unspecified atom stereocenters. The van der Waals surface area contributed by atoms with E-state index in [9.17, 15) is 4.79 Å². The van der Waals surface area contributed by atoms with E-state index in [0.29, 0.717) is 16.8 Å². The van der Waals surface area contributed by atoms with Gasteiger partial charge in [0.1, 0.15) is 0 Å². The number of fused-ring (bicyclic) bond motifs is 1. The molecule has 4 heteroatoms. The van der Waals surface area contributed by atoms with E-state index in [1.807, 2.05) is 29.9 Å². The second kappa shape index (κ2) is 5.01. The van der Waals surface area contributed by atoms with Crippen LogP contribution in [0.15, 0.2) is 45.5 Å². The van der Waals surface area contributed by atoms with Crippen molar-refractivity contribution < 1.29 is 0 Å². The largest absolute Gasteiger partial charge is 0.353 e. The van der Waals surface area contributed by atoms with Crippen LogP contribution >= 0.6 is 11.8 Å². The summed E-state index contributed by atoms with van der Waals surface area (Å²) in [4.78, 5) is 19.0. The third-order valence-electron chi connectivity index (χ3n) is 2.41. The summed E-state index contributed by atoms with van der Waals surface area (Å²) in [6.45, 7) is 3.51.